The molecule has 1 aromatic carbocycles. The third-order valence-corrected chi connectivity index (χ3v) is 9.02. The zero-order valence-corrected chi connectivity index (χ0v) is 24.4. The number of piperazine rings is 1. The van der Waals surface area contributed by atoms with Crippen molar-refractivity contribution in [2.45, 2.75) is 94.9 Å². The van der Waals surface area contributed by atoms with Gasteiger partial charge in [-0.3, -0.25) is 14.5 Å². The number of rotatable bonds is 8. The quantitative estimate of drug-likeness (QED) is 0.428. The van der Waals surface area contributed by atoms with Crippen molar-refractivity contribution < 1.29 is 19.1 Å². The molecule has 2 aliphatic heterocycles. The van der Waals surface area contributed by atoms with Crippen LogP contribution in [0, 0.1) is 0 Å². The minimum Gasteiger partial charge on any atom is -0.460 e. The van der Waals surface area contributed by atoms with Gasteiger partial charge in [0.15, 0.2) is 0 Å². The van der Waals surface area contributed by atoms with E-state index in [4.69, 9.17) is 16.0 Å². The highest BCUT2D eigenvalue weighted by atomic mass is 35.5. The number of hydrogen-bond acceptors (Lipinski definition) is 5. The maximum Gasteiger partial charge on any atom is 0.246 e. The van der Waals surface area contributed by atoms with Gasteiger partial charge in [-0.15, -0.1) is 12.4 Å². The maximum atomic E-state index is 13.8. The fraction of sp³-hybridized carbons (Fsp3) is 0.600. The first-order valence-electron chi connectivity index (χ1n) is 14.2. The van der Waals surface area contributed by atoms with E-state index in [1.807, 2.05) is 41.3 Å². The Morgan fingerprint density at radius 3 is 2.38 bits per heavy atom. The Balaban J connectivity index is 0.00000353. The second-order valence-electron chi connectivity index (χ2n) is 11.4. The maximum absolute atomic E-state index is 13.8. The van der Waals surface area contributed by atoms with Crippen molar-refractivity contribution in [3.8, 4) is 11.3 Å². The van der Waals surface area contributed by atoms with Crippen molar-refractivity contribution in [3.05, 3.63) is 47.2 Å². The van der Waals surface area contributed by atoms with Crippen molar-refractivity contribution in [1.82, 2.24) is 15.1 Å². The molecule has 0 unspecified atom stereocenters. The molecule has 2 amide bonds. The summed E-state index contributed by atoms with van der Waals surface area (Å²) in [7, 11) is 0. The van der Waals surface area contributed by atoms with Crippen LogP contribution in [-0.4, -0.2) is 63.5 Å². The van der Waals surface area contributed by atoms with Gasteiger partial charge in [0.05, 0.1) is 12.1 Å². The lowest BCUT2D eigenvalue weighted by Gasteiger charge is -2.52. The number of benzene rings is 1. The molecule has 3 heterocycles. The van der Waals surface area contributed by atoms with E-state index >= 15 is 0 Å². The van der Waals surface area contributed by atoms with Gasteiger partial charge in [-0.1, -0.05) is 44.2 Å². The van der Waals surface area contributed by atoms with Crippen LogP contribution in [-0.2, 0) is 16.1 Å². The Morgan fingerprint density at radius 1 is 1.03 bits per heavy atom. The first-order valence-corrected chi connectivity index (χ1v) is 14.6. The fourth-order valence-electron chi connectivity index (χ4n) is 6.48. The van der Waals surface area contributed by atoms with E-state index in [-0.39, 0.29) is 24.2 Å². The number of likely N-dealkylation sites (tertiary alicyclic amines) is 1. The van der Waals surface area contributed by atoms with Crippen molar-refractivity contribution in [1.29, 1.82) is 0 Å². The van der Waals surface area contributed by atoms with Gasteiger partial charge >= 0.3 is 0 Å². The van der Waals surface area contributed by atoms with Gasteiger partial charge in [0.1, 0.15) is 23.1 Å². The third-order valence-electron chi connectivity index (χ3n) is 8.77. The molecular weight excluding hydrogens is 537 g/mol. The molecule has 9 heteroatoms. The van der Waals surface area contributed by atoms with E-state index in [9.17, 15) is 14.7 Å². The number of nitrogens with one attached hydrogen (secondary N) is 1. The number of amides is 2. The van der Waals surface area contributed by atoms with Crippen LogP contribution in [0.5, 0.6) is 0 Å². The predicted octanol–water partition coefficient (Wildman–Crippen LogP) is 5.57. The Labute approximate surface area is 242 Å². The molecule has 214 valence electrons. The smallest absolute Gasteiger partial charge is 0.246 e. The highest BCUT2D eigenvalue weighted by Crippen LogP contribution is 2.38. The van der Waals surface area contributed by atoms with Crippen LogP contribution < -0.4 is 5.32 Å². The van der Waals surface area contributed by atoms with E-state index in [0.29, 0.717) is 63.3 Å². The summed E-state index contributed by atoms with van der Waals surface area (Å²) >= 11 is 6.01. The van der Waals surface area contributed by atoms with Crippen LogP contribution in [0.2, 0.25) is 5.02 Å². The van der Waals surface area contributed by atoms with Crippen molar-refractivity contribution in [2.75, 3.05) is 19.6 Å². The Bertz CT molecular complexity index is 1120. The highest BCUT2D eigenvalue weighted by molar-refractivity contribution is 6.30. The minimum atomic E-state index is -0.857. The Kier molecular flexibility index (Phi) is 9.69. The number of carbonyl (C=O) groups is 2. The number of unbranched alkanes of at least 4 members (excludes halogenated alkanes) is 1. The molecule has 1 saturated carbocycles. The molecule has 3 fully saturated rings. The molecule has 39 heavy (non-hydrogen) atoms. The van der Waals surface area contributed by atoms with Crippen LogP contribution >= 0.6 is 24.0 Å². The zero-order chi connectivity index (χ0) is 26.8. The monoisotopic (exact) mass is 577 g/mol. The molecule has 0 bridgehead atoms. The zero-order valence-electron chi connectivity index (χ0n) is 22.8. The van der Waals surface area contributed by atoms with E-state index < -0.39 is 17.2 Å². The lowest BCUT2D eigenvalue weighted by atomic mass is 9.77. The molecule has 0 radical (unpaired) electrons. The van der Waals surface area contributed by atoms with E-state index in [2.05, 4.69) is 17.1 Å². The van der Waals surface area contributed by atoms with Crippen LogP contribution in [0.1, 0.15) is 76.9 Å². The number of carbonyl (C=O) groups excluding carboxylic acids is 2. The van der Waals surface area contributed by atoms with Gasteiger partial charge in [-0.25, -0.2) is 0 Å². The SMILES string of the molecule is CCCCN1C(=O)[C@@H](CC2(O)CCCCC2)NC(=O)C12CCN(Cc1ccc(-c3ccc(Cl)cc3)o1)CC2.Cl. The van der Waals surface area contributed by atoms with Crippen molar-refractivity contribution in [3.63, 3.8) is 0 Å². The first kappa shape index (κ1) is 29.9. The Hall–Kier alpha value is -2.06. The van der Waals surface area contributed by atoms with Crippen LogP contribution in [0.25, 0.3) is 11.3 Å². The van der Waals surface area contributed by atoms with Gasteiger partial charge < -0.3 is 19.7 Å². The molecule has 1 aliphatic carbocycles. The number of halogens is 2. The number of furan rings is 1. The summed E-state index contributed by atoms with van der Waals surface area (Å²) in [5, 5.41) is 14.9. The van der Waals surface area contributed by atoms with E-state index in [1.165, 1.54) is 0 Å². The lowest BCUT2D eigenvalue weighted by Crippen LogP contribution is -2.73. The average Bonchev–Trinajstić information content (AvgIpc) is 3.37. The molecule has 1 spiro atoms. The van der Waals surface area contributed by atoms with Gasteiger partial charge in [-0.2, -0.15) is 0 Å². The van der Waals surface area contributed by atoms with Gasteiger partial charge in [0.2, 0.25) is 11.8 Å². The lowest BCUT2D eigenvalue weighted by molar-refractivity contribution is -0.163. The van der Waals surface area contributed by atoms with Crippen LogP contribution in [0.4, 0.5) is 0 Å². The molecule has 2 N–H and O–H groups in total. The summed E-state index contributed by atoms with van der Waals surface area (Å²) in [5.74, 6) is 1.60. The van der Waals surface area contributed by atoms with Crippen LogP contribution in [0.15, 0.2) is 40.8 Å². The summed E-state index contributed by atoms with van der Waals surface area (Å²) < 4.78 is 6.11. The topological polar surface area (TPSA) is 86.0 Å². The Morgan fingerprint density at radius 2 is 1.72 bits per heavy atom. The largest absolute Gasteiger partial charge is 0.460 e. The number of piperidine rings is 1. The average molecular weight is 579 g/mol. The van der Waals surface area contributed by atoms with Crippen molar-refractivity contribution >= 4 is 35.8 Å². The molecule has 1 atom stereocenters. The van der Waals surface area contributed by atoms with Gasteiger partial charge in [0, 0.05) is 36.6 Å². The summed E-state index contributed by atoms with van der Waals surface area (Å²) in [4.78, 5) is 31.6. The predicted molar refractivity (Wildman–Crippen MR) is 155 cm³/mol. The summed E-state index contributed by atoms with van der Waals surface area (Å²) in [6.07, 6.45) is 7.79. The molecular formula is C30H41Cl2N3O4. The van der Waals surface area contributed by atoms with Crippen molar-refractivity contribution in [2.24, 2.45) is 0 Å². The van der Waals surface area contributed by atoms with Gasteiger partial charge in [-0.05, 0) is 68.5 Å². The molecule has 1 aromatic heterocycles. The van der Waals surface area contributed by atoms with Gasteiger partial charge in [0.25, 0.3) is 0 Å². The standard InChI is InChI=1S/C30H40ClN3O4.ClH/c1-2-3-17-34-27(35)25(20-29(37)13-5-4-6-14-29)32-28(36)30(34)15-18-33(19-16-30)21-24-11-12-26(38-24)22-7-9-23(31)10-8-22;/h7-12,25,37H,2-6,13-21H2,1H3,(H,32,36);1H/t25-;/m1./s1. The molecule has 2 saturated heterocycles. The normalized spacial score (nSPS) is 22.9. The molecule has 2 aromatic rings. The number of nitrogens with zero attached hydrogens (tertiary/aromatic N) is 2. The van der Waals surface area contributed by atoms with Crippen LogP contribution in [0.3, 0.4) is 0 Å². The second kappa shape index (κ2) is 12.6. The molecule has 7 nitrogen and oxygen atoms in total. The highest BCUT2D eigenvalue weighted by Gasteiger charge is 2.54. The fourth-order valence-corrected chi connectivity index (χ4v) is 6.61. The number of aliphatic hydroxyl groups is 1. The van der Waals surface area contributed by atoms with E-state index in [1.54, 1.807) is 0 Å². The second-order valence-corrected chi connectivity index (χ2v) is 11.9. The third kappa shape index (κ3) is 6.48. The minimum absolute atomic E-state index is 0. The summed E-state index contributed by atoms with van der Waals surface area (Å²) in [6.45, 7) is 4.75. The van der Waals surface area contributed by atoms with E-state index in [0.717, 1.165) is 49.2 Å². The first-order chi connectivity index (χ1) is 18.3. The summed E-state index contributed by atoms with van der Waals surface area (Å²) in [6, 6.07) is 10.9. The molecule has 3 aliphatic rings. The summed E-state index contributed by atoms with van der Waals surface area (Å²) in [5.41, 5.74) is -0.689. The molecule has 5 rings (SSSR count). The number of hydrogen-bond donors (Lipinski definition) is 2.